The van der Waals surface area contributed by atoms with Crippen molar-refractivity contribution >= 4 is 6.29 Å². The fourth-order valence-corrected chi connectivity index (χ4v) is 1.85. The molecule has 17 heavy (non-hydrogen) atoms. The van der Waals surface area contributed by atoms with E-state index in [1.54, 1.807) is 4.68 Å². The number of carbonyl (C=O) groups excluding carboxylic acids is 1. The van der Waals surface area contributed by atoms with Gasteiger partial charge in [-0.05, 0) is 18.4 Å². The minimum absolute atomic E-state index is 0.427. The Hall–Kier alpha value is -1.97. The summed E-state index contributed by atoms with van der Waals surface area (Å²) < 4.78 is 1.69. The smallest absolute Gasteiger partial charge is 0.191 e. The molecule has 86 valence electrons. The van der Waals surface area contributed by atoms with Gasteiger partial charge >= 0.3 is 0 Å². The van der Waals surface area contributed by atoms with Crippen molar-refractivity contribution in [2.45, 2.75) is 25.3 Å². The zero-order valence-electron chi connectivity index (χ0n) is 9.41. The number of hydrogen-bond donors (Lipinski definition) is 0. The molecular formula is C13H13N3O. The SMILES string of the molecule is O=Cc1nc(C2CC2)nn1Cc1ccccc1. The second-order valence-electron chi connectivity index (χ2n) is 4.36. The molecule has 0 aliphatic heterocycles. The summed E-state index contributed by atoms with van der Waals surface area (Å²) in [7, 11) is 0. The highest BCUT2D eigenvalue weighted by molar-refractivity contribution is 5.69. The Labute approximate surface area is 99.3 Å². The van der Waals surface area contributed by atoms with Crippen LogP contribution >= 0.6 is 0 Å². The molecule has 2 aromatic rings. The minimum Gasteiger partial charge on any atom is -0.294 e. The van der Waals surface area contributed by atoms with Crippen LogP contribution in [-0.4, -0.2) is 21.1 Å². The van der Waals surface area contributed by atoms with Gasteiger partial charge in [-0.1, -0.05) is 30.3 Å². The van der Waals surface area contributed by atoms with E-state index in [-0.39, 0.29) is 0 Å². The molecule has 4 nitrogen and oxygen atoms in total. The maximum Gasteiger partial charge on any atom is 0.191 e. The zero-order chi connectivity index (χ0) is 11.7. The molecule has 4 heteroatoms. The quantitative estimate of drug-likeness (QED) is 0.751. The highest BCUT2D eigenvalue weighted by Crippen LogP contribution is 2.38. The molecule has 0 amide bonds. The van der Waals surface area contributed by atoms with Crippen LogP contribution in [0.1, 0.15) is 40.8 Å². The molecule has 0 spiro atoms. The third-order valence-electron chi connectivity index (χ3n) is 2.94. The topological polar surface area (TPSA) is 47.8 Å². The Balaban J connectivity index is 1.88. The average Bonchev–Trinajstić information content (AvgIpc) is 3.13. The summed E-state index contributed by atoms with van der Waals surface area (Å²) in [5.74, 6) is 1.73. The van der Waals surface area contributed by atoms with E-state index in [1.165, 1.54) is 0 Å². The van der Waals surface area contributed by atoms with Crippen LogP contribution < -0.4 is 0 Å². The molecule has 1 aromatic carbocycles. The monoisotopic (exact) mass is 227 g/mol. The van der Waals surface area contributed by atoms with Crippen LogP contribution in [0.5, 0.6) is 0 Å². The Morgan fingerprint density at radius 2 is 2.06 bits per heavy atom. The van der Waals surface area contributed by atoms with Crippen molar-refractivity contribution in [3.05, 3.63) is 47.5 Å². The molecule has 1 saturated carbocycles. The normalized spacial score (nSPS) is 14.8. The van der Waals surface area contributed by atoms with E-state index in [2.05, 4.69) is 10.1 Å². The number of rotatable bonds is 4. The molecule has 1 aliphatic rings. The van der Waals surface area contributed by atoms with Crippen LogP contribution in [0.15, 0.2) is 30.3 Å². The van der Waals surface area contributed by atoms with Gasteiger partial charge < -0.3 is 0 Å². The first-order valence-corrected chi connectivity index (χ1v) is 5.80. The van der Waals surface area contributed by atoms with Crippen molar-refractivity contribution in [2.75, 3.05) is 0 Å². The highest BCUT2D eigenvalue weighted by atomic mass is 16.1. The van der Waals surface area contributed by atoms with Crippen LogP contribution in [0, 0.1) is 0 Å². The van der Waals surface area contributed by atoms with Gasteiger partial charge in [0.25, 0.3) is 0 Å². The Morgan fingerprint density at radius 1 is 1.29 bits per heavy atom. The second kappa shape index (κ2) is 4.13. The predicted molar refractivity (Wildman–Crippen MR) is 62.9 cm³/mol. The summed E-state index contributed by atoms with van der Waals surface area (Å²) in [6.07, 6.45) is 3.07. The molecule has 0 saturated heterocycles. The van der Waals surface area contributed by atoms with E-state index in [4.69, 9.17) is 0 Å². The molecule has 3 rings (SSSR count). The number of benzene rings is 1. The lowest BCUT2D eigenvalue weighted by atomic mass is 10.2. The van der Waals surface area contributed by atoms with Crippen molar-refractivity contribution in [1.29, 1.82) is 0 Å². The number of carbonyl (C=O) groups is 1. The van der Waals surface area contributed by atoms with Crippen molar-refractivity contribution in [3.63, 3.8) is 0 Å². The Kier molecular flexibility index (Phi) is 2.48. The van der Waals surface area contributed by atoms with Crippen LogP contribution in [0.2, 0.25) is 0 Å². The van der Waals surface area contributed by atoms with E-state index in [0.717, 1.165) is 30.5 Å². The van der Waals surface area contributed by atoms with E-state index < -0.39 is 0 Å². The Morgan fingerprint density at radius 3 is 2.71 bits per heavy atom. The first-order chi connectivity index (χ1) is 8.36. The molecule has 1 aliphatic carbocycles. The number of aldehydes is 1. The average molecular weight is 227 g/mol. The summed E-state index contributed by atoms with van der Waals surface area (Å²) in [5, 5.41) is 4.41. The number of aromatic nitrogens is 3. The lowest BCUT2D eigenvalue weighted by molar-refractivity contribution is 0.111. The summed E-state index contributed by atoms with van der Waals surface area (Å²) in [6.45, 7) is 0.606. The van der Waals surface area contributed by atoms with E-state index in [9.17, 15) is 4.79 Å². The van der Waals surface area contributed by atoms with Crippen LogP contribution in [0.25, 0.3) is 0 Å². The minimum atomic E-state index is 0.427. The van der Waals surface area contributed by atoms with E-state index in [0.29, 0.717) is 18.3 Å². The molecular weight excluding hydrogens is 214 g/mol. The van der Waals surface area contributed by atoms with Gasteiger partial charge in [0.1, 0.15) is 0 Å². The highest BCUT2D eigenvalue weighted by Gasteiger charge is 2.28. The van der Waals surface area contributed by atoms with Crippen molar-refractivity contribution in [3.8, 4) is 0 Å². The number of nitrogens with zero attached hydrogens (tertiary/aromatic N) is 3. The van der Waals surface area contributed by atoms with Crippen LogP contribution in [0.3, 0.4) is 0 Å². The van der Waals surface area contributed by atoms with Crippen molar-refractivity contribution in [2.24, 2.45) is 0 Å². The molecule has 0 unspecified atom stereocenters. The van der Waals surface area contributed by atoms with E-state index in [1.807, 2.05) is 30.3 Å². The maximum absolute atomic E-state index is 11.0. The maximum atomic E-state index is 11.0. The van der Waals surface area contributed by atoms with Crippen LogP contribution in [-0.2, 0) is 6.54 Å². The third-order valence-corrected chi connectivity index (χ3v) is 2.94. The van der Waals surface area contributed by atoms with Crippen LogP contribution in [0.4, 0.5) is 0 Å². The molecule has 0 N–H and O–H groups in total. The van der Waals surface area contributed by atoms with E-state index >= 15 is 0 Å². The lowest BCUT2D eigenvalue weighted by Crippen LogP contribution is -2.06. The summed E-state index contributed by atoms with van der Waals surface area (Å²) >= 11 is 0. The molecule has 1 fully saturated rings. The fraction of sp³-hybridized carbons (Fsp3) is 0.308. The molecule has 0 atom stereocenters. The molecule has 0 radical (unpaired) electrons. The van der Waals surface area contributed by atoms with Crippen molar-refractivity contribution < 1.29 is 4.79 Å². The zero-order valence-corrected chi connectivity index (χ0v) is 9.41. The molecule has 1 heterocycles. The lowest BCUT2D eigenvalue weighted by Gasteiger charge is -2.01. The van der Waals surface area contributed by atoms with Crippen molar-refractivity contribution in [1.82, 2.24) is 14.8 Å². The van der Waals surface area contributed by atoms with Gasteiger partial charge in [0.2, 0.25) is 0 Å². The molecule has 0 bridgehead atoms. The standard InChI is InChI=1S/C13H13N3O/c17-9-12-14-13(11-6-7-11)15-16(12)8-10-4-2-1-3-5-10/h1-5,9,11H,6-8H2. The molecule has 1 aromatic heterocycles. The van der Waals surface area contributed by atoms with Gasteiger partial charge in [0.15, 0.2) is 17.9 Å². The second-order valence-corrected chi connectivity index (χ2v) is 4.36. The third kappa shape index (κ3) is 2.11. The van der Waals surface area contributed by atoms with Gasteiger partial charge in [-0.3, -0.25) is 4.79 Å². The summed E-state index contributed by atoms with van der Waals surface area (Å²) in [5.41, 5.74) is 1.13. The van der Waals surface area contributed by atoms with Gasteiger partial charge in [-0.2, -0.15) is 5.10 Å². The predicted octanol–water partition coefficient (Wildman–Crippen LogP) is 2.02. The van der Waals surface area contributed by atoms with Gasteiger partial charge in [0.05, 0.1) is 6.54 Å². The number of hydrogen-bond acceptors (Lipinski definition) is 3. The van der Waals surface area contributed by atoms with Gasteiger partial charge in [-0.15, -0.1) is 0 Å². The fourth-order valence-electron chi connectivity index (χ4n) is 1.85. The van der Waals surface area contributed by atoms with Gasteiger partial charge in [0, 0.05) is 5.92 Å². The van der Waals surface area contributed by atoms with Gasteiger partial charge in [-0.25, -0.2) is 9.67 Å². The first kappa shape index (κ1) is 10.2. The first-order valence-electron chi connectivity index (χ1n) is 5.80. The largest absolute Gasteiger partial charge is 0.294 e. The summed E-state index contributed by atoms with van der Waals surface area (Å²) in [4.78, 5) is 15.2. The Bertz CT molecular complexity index is 529. The summed E-state index contributed by atoms with van der Waals surface area (Å²) in [6, 6.07) is 9.98.